The Balaban J connectivity index is 1.61. The van der Waals surface area contributed by atoms with Gasteiger partial charge in [-0.1, -0.05) is 49.7 Å². The lowest BCUT2D eigenvalue weighted by molar-refractivity contribution is -0.117. The van der Waals surface area contributed by atoms with Crippen molar-refractivity contribution in [1.29, 1.82) is 0 Å². The van der Waals surface area contributed by atoms with Crippen molar-refractivity contribution in [3.63, 3.8) is 0 Å². The van der Waals surface area contributed by atoms with Gasteiger partial charge in [-0.3, -0.25) is 9.69 Å². The van der Waals surface area contributed by atoms with Crippen molar-refractivity contribution in [3.8, 4) is 0 Å². The molecule has 1 saturated heterocycles. The third kappa shape index (κ3) is 5.34. The molecule has 1 aliphatic heterocycles. The van der Waals surface area contributed by atoms with Crippen LogP contribution in [-0.2, 0) is 14.8 Å². The molecule has 0 unspecified atom stereocenters. The van der Waals surface area contributed by atoms with Gasteiger partial charge in [-0.25, -0.2) is 8.42 Å². The molecule has 0 bridgehead atoms. The zero-order valence-corrected chi connectivity index (χ0v) is 19.9. The molecular formula is C24H33N3O3S. The lowest BCUT2D eigenvalue weighted by atomic mass is 9.98. The van der Waals surface area contributed by atoms with Gasteiger partial charge >= 0.3 is 0 Å². The van der Waals surface area contributed by atoms with Crippen molar-refractivity contribution in [2.45, 2.75) is 45.4 Å². The van der Waals surface area contributed by atoms with Crippen LogP contribution in [0.1, 0.15) is 42.0 Å². The molecule has 0 spiro atoms. The van der Waals surface area contributed by atoms with Crippen LogP contribution in [0, 0.1) is 20.8 Å². The fourth-order valence-electron chi connectivity index (χ4n) is 4.08. The van der Waals surface area contributed by atoms with Gasteiger partial charge in [0.15, 0.2) is 0 Å². The number of hydrogen-bond donors (Lipinski definition) is 1. The van der Waals surface area contributed by atoms with Crippen molar-refractivity contribution in [2.75, 3.05) is 38.0 Å². The summed E-state index contributed by atoms with van der Waals surface area (Å²) in [4.78, 5) is 15.1. The molecule has 7 heteroatoms. The Morgan fingerprint density at radius 3 is 2.29 bits per heavy atom. The molecule has 0 atom stereocenters. The van der Waals surface area contributed by atoms with E-state index in [0.717, 1.165) is 27.9 Å². The Morgan fingerprint density at radius 2 is 1.68 bits per heavy atom. The SMILES string of the molecule is Cc1ccc(S(=O)(=O)N2CCN(CC(=O)Nc3c(C)cccc3C(C)C)CC2)c(C)c1. The number of hydrogen-bond acceptors (Lipinski definition) is 4. The normalized spacial score (nSPS) is 15.9. The Labute approximate surface area is 186 Å². The minimum atomic E-state index is -3.52. The molecule has 2 aromatic carbocycles. The molecule has 1 heterocycles. The van der Waals surface area contributed by atoms with Gasteiger partial charge in [0.1, 0.15) is 0 Å². The van der Waals surface area contributed by atoms with Gasteiger partial charge in [0.25, 0.3) is 0 Å². The van der Waals surface area contributed by atoms with Crippen LogP contribution in [0.25, 0.3) is 0 Å². The zero-order chi connectivity index (χ0) is 22.8. The maximum atomic E-state index is 13.1. The first-order valence-corrected chi connectivity index (χ1v) is 12.2. The number of nitrogens with one attached hydrogen (secondary N) is 1. The molecular weight excluding hydrogens is 410 g/mol. The molecule has 2 aromatic rings. The van der Waals surface area contributed by atoms with Crippen molar-refractivity contribution in [3.05, 3.63) is 58.7 Å². The van der Waals surface area contributed by atoms with E-state index in [1.807, 2.05) is 56.0 Å². The van der Waals surface area contributed by atoms with Gasteiger partial charge < -0.3 is 5.32 Å². The van der Waals surface area contributed by atoms with Crippen LogP contribution >= 0.6 is 0 Å². The van der Waals surface area contributed by atoms with Gasteiger partial charge in [0.2, 0.25) is 15.9 Å². The maximum Gasteiger partial charge on any atom is 0.243 e. The summed E-state index contributed by atoms with van der Waals surface area (Å²) in [5.41, 5.74) is 4.86. The number of benzene rings is 2. The fraction of sp³-hybridized carbons (Fsp3) is 0.458. The van der Waals surface area contributed by atoms with Gasteiger partial charge in [-0.15, -0.1) is 0 Å². The minimum absolute atomic E-state index is 0.0677. The predicted octanol–water partition coefficient (Wildman–Crippen LogP) is 3.68. The Hall–Kier alpha value is -2.22. The molecule has 3 rings (SSSR count). The van der Waals surface area contributed by atoms with Crippen LogP contribution in [0.2, 0.25) is 0 Å². The molecule has 1 aliphatic rings. The topological polar surface area (TPSA) is 69.7 Å². The molecule has 0 saturated carbocycles. The highest BCUT2D eigenvalue weighted by atomic mass is 32.2. The van der Waals surface area contributed by atoms with Crippen LogP contribution in [0.4, 0.5) is 5.69 Å². The van der Waals surface area contributed by atoms with Crippen molar-refractivity contribution in [1.82, 2.24) is 9.21 Å². The van der Waals surface area contributed by atoms with Crippen LogP contribution < -0.4 is 5.32 Å². The number of piperazine rings is 1. The van der Waals surface area contributed by atoms with E-state index in [-0.39, 0.29) is 12.5 Å². The Morgan fingerprint density at radius 1 is 1.00 bits per heavy atom. The summed E-state index contributed by atoms with van der Waals surface area (Å²) < 4.78 is 27.6. The van der Waals surface area contributed by atoms with Crippen LogP contribution in [0.5, 0.6) is 0 Å². The summed E-state index contributed by atoms with van der Waals surface area (Å²) >= 11 is 0. The van der Waals surface area contributed by atoms with E-state index in [0.29, 0.717) is 37.0 Å². The number of nitrogens with zero attached hydrogens (tertiary/aromatic N) is 2. The number of carbonyl (C=O) groups is 1. The quantitative estimate of drug-likeness (QED) is 0.739. The van der Waals surface area contributed by atoms with E-state index in [9.17, 15) is 13.2 Å². The van der Waals surface area contributed by atoms with Gasteiger partial charge in [-0.2, -0.15) is 4.31 Å². The first-order valence-electron chi connectivity index (χ1n) is 10.8. The molecule has 0 aromatic heterocycles. The second kappa shape index (κ2) is 9.51. The van der Waals surface area contributed by atoms with Crippen molar-refractivity contribution in [2.24, 2.45) is 0 Å². The van der Waals surface area contributed by atoms with E-state index in [4.69, 9.17) is 0 Å². The first-order chi connectivity index (χ1) is 14.6. The summed E-state index contributed by atoms with van der Waals surface area (Å²) in [6.07, 6.45) is 0. The molecule has 31 heavy (non-hydrogen) atoms. The molecule has 1 amide bonds. The first kappa shape index (κ1) is 23.4. The smallest absolute Gasteiger partial charge is 0.243 e. The highest BCUT2D eigenvalue weighted by molar-refractivity contribution is 7.89. The molecule has 0 radical (unpaired) electrons. The summed E-state index contributed by atoms with van der Waals surface area (Å²) in [7, 11) is -3.52. The number of carbonyl (C=O) groups excluding carboxylic acids is 1. The standard InChI is InChI=1S/C24H33N3O3S/c1-17(2)21-8-6-7-19(4)24(21)25-23(28)16-26-11-13-27(14-12-26)31(29,30)22-10-9-18(3)15-20(22)5/h6-10,15,17H,11-14,16H2,1-5H3,(H,25,28). The van der Waals surface area contributed by atoms with Crippen molar-refractivity contribution >= 4 is 21.6 Å². The summed E-state index contributed by atoms with van der Waals surface area (Å²) in [5, 5.41) is 3.08. The molecule has 6 nitrogen and oxygen atoms in total. The minimum Gasteiger partial charge on any atom is -0.324 e. The van der Waals surface area contributed by atoms with Crippen LogP contribution in [0.15, 0.2) is 41.3 Å². The van der Waals surface area contributed by atoms with E-state index >= 15 is 0 Å². The molecule has 1 fully saturated rings. The zero-order valence-electron chi connectivity index (χ0n) is 19.1. The number of rotatable bonds is 6. The Kier molecular flexibility index (Phi) is 7.19. The molecule has 0 aliphatic carbocycles. The Bertz CT molecular complexity index is 1060. The lowest BCUT2D eigenvalue weighted by Gasteiger charge is -2.34. The number of anilines is 1. The number of amides is 1. The number of aryl methyl sites for hydroxylation is 3. The maximum absolute atomic E-state index is 13.1. The van der Waals surface area contributed by atoms with E-state index in [1.54, 1.807) is 6.07 Å². The van der Waals surface area contributed by atoms with Crippen molar-refractivity contribution < 1.29 is 13.2 Å². The summed E-state index contributed by atoms with van der Waals surface area (Å²) in [6, 6.07) is 11.5. The highest BCUT2D eigenvalue weighted by Gasteiger charge is 2.30. The number of sulfonamides is 1. The van der Waals surface area contributed by atoms with Gasteiger partial charge in [0.05, 0.1) is 11.4 Å². The highest BCUT2D eigenvalue weighted by Crippen LogP contribution is 2.27. The third-order valence-electron chi connectivity index (χ3n) is 5.84. The lowest BCUT2D eigenvalue weighted by Crippen LogP contribution is -2.50. The van der Waals surface area contributed by atoms with Gasteiger partial charge in [0, 0.05) is 31.9 Å². The molecule has 168 valence electrons. The van der Waals surface area contributed by atoms with Crippen LogP contribution in [0.3, 0.4) is 0 Å². The summed E-state index contributed by atoms with van der Waals surface area (Å²) in [5.74, 6) is 0.246. The second-order valence-electron chi connectivity index (χ2n) is 8.69. The third-order valence-corrected chi connectivity index (χ3v) is 7.90. The van der Waals surface area contributed by atoms with E-state index in [2.05, 4.69) is 19.2 Å². The largest absolute Gasteiger partial charge is 0.324 e. The number of para-hydroxylation sites is 1. The average molecular weight is 444 g/mol. The van der Waals surface area contributed by atoms with E-state index in [1.165, 1.54) is 4.31 Å². The average Bonchev–Trinajstić information content (AvgIpc) is 2.69. The fourth-order valence-corrected chi connectivity index (χ4v) is 5.71. The van der Waals surface area contributed by atoms with Crippen LogP contribution in [-0.4, -0.2) is 56.3 Å². The predicted molar refractivity (Wildman–Crippen MR) is 125 cm³/mol. The summed E-state index contributed by atoms with van der Waals surface area (Å²) in [6.45, 7) is 12.1. The second-order valence-corrected chi connectivity index (χ2v) is 10.6. The van der Waals surface area contributed by atoms with Gasteiger partial charge in [-0.05, 0) is 49.4 Å². The molecule has 1 N–H and O–H groups in total. The monoisotopic (exact) mass is 443 g/mol. The van der Waals surface area contributed by atoms with E-state index < -0.39 is 10.0 Å².